The lowest BCUT2D eigenvalue weighted by Gasteiger charge is -2.08. The van der Waals surface area contributed by atoms with E-state index in [1.807, 2.05) is 0 Å². The number of nitrogens with zero attached hydrogens (tertiary/aromatic N) is 2. The van der Waals surface area contributed by atoms with E-state index in [1.165, 1.54) is 29.2 Å². The number of halogens is 1. The van der Waals surface area contributed by atoms with Gasteiger partial charge < -0.3 is 10.8 Å². The summed E-state index contributed by atoms with van der Waals surface area (Å²) in [5, 5.41) is 13.2. The Labute approximate surface area is 103 Å². The van der Waals surface area contributed by atoms with Gasteiger partial charge >= 0.3 is 0 Å². The Morgan fingerprint density at radius 3 is 2.78 bits per heavy atom. The van der Waals surface area contributed by atoms with Crippen molar-refractivity contribution in [1.29, 1.82) is 0 Å². The standard InChI is InChI=1S/C12H12FN3O2/c1-7(17)8-2-3-11(10(13)4-8)16-6-9(5-15-16)12(14)18/h2-7,17H,1H3,(H2,14,18)/t7-/m1/s1. The van der Waals surface area contributed by atoms with Crippen molar-refractivity contribution < 1.29 is 14.3 Å². The maximum Gasteiger partial charge on any atom is 0.251 e. The number of carbonyl (C=O) groups is 1. The minimum Gasteiger partial charge on any atom is -0.389 e. The Balaban J connectivity index is 2.41. The number of benzene rings is 1. The Bertz CT molecular complexity index is 593. The van der Waals surface area contributed by atoms with Crippen LogP contribution in [0.15, 0.2) is 30.6 Å². The van der Waals surface area contributed by atoms with Crippen LogP contribution in [0.5, 0.6) is 0 Å². The normalized spacial score (nSPS) is 12.4. The van der Waals surface area contributed by atoms with Crippen molar-refractivity contribution in [3.63, 3.8) is 0 Å². The van der Waals surface area contributed by atoms with Crippen molar-refractivity contribution in [1.82, 2.24) is 9.78 Å². The number of primary amides is 1. The van der Waals surface area contributed by atoms with Crippen LogP contribution in [-0.2, 0) is 0 Å². The molecular weight excluding hydrogens is 237 g/mol. The van der Waals surface area contributed by atoms with Crippen molar-refractivity contribution in [3.8, 4) is 5.69 Å². The van der Waals surface area contributed by atoms with E-state index in [2.05, 4.69) is 5.10 Å². The first-order valence-electron chi connectivity index (χ1n) is 5.31. The number of hydrogen-bond donors (Lipinski definition) is 2. The molecule has 0 bridgehead atoms. The van der Waals surface area contributed by atoms with Gasteiger partial charge in [-0.05, 0) is 24.6 Å². The number of hydrogen-bond acceptors (Lipinski definition) is 3. The highest BCUT2D eigenvalue weighted by molar-refractivity contribution is 5.92. The Kier molecular flexibility index (Phi) is 3.12. The van der Waals surface area contributed by atoms with Crippen LogP contribution in [-0.4, -0.2) is 20.8 Å². The van der Waals surface area contributed by atoms with E-state index in [4.69, 9.17) is 5.73 Å². The topological polar surface area (TPSA) is 81.1 Å². The first-order valence-corrected chi connectivity index (χ1v) is 5.31. The van der Waals surface area contributed by atoms with Gasteiger partial charge in [-0.3, -0.25) is 4.79 Å². The van der Waals surface area contributed by atoms with Gasteiger partial charge in [-0.2, -0.15) is 5.10 Å². The molecule has 2 rings (SSSR count). The molecule has 0 saturated carbocycles. The Hall–Kier alpha value is -2.21. The third kappa shape index (κ3) is 2.23. The molecule has 0 spiro atoms. The SMILES string of the molecule is C[C@@H](O)c1ccc(-n2cc(C(N)=O)cn2)c(F)c1. The smallest absolute Gasteiger partial charge is 0.251 e. The fourth-order valence-corrected chi connectivity index (χ4v) is 1.55. The molecule has 2 aromatic rings. The first kappa shape index (κ1) is 12.3. The Morgan fingerprint density at radius 2 is 2.28 bits per heavy atom. The van der Waals surface area contributed by atoms with Crippen molar-refractivity contribution in [2.45, 2.75) is 13.0 Å². The zero-order valence-corrected chi connectivity index (χ0v) is 9.67. The van der Waals surface area contributed by atoms with Gasteiger partial charge in [-0.15, -0.1) is 0 Å². The first-order chi connectivity index (χ1) is 8.49. The van der Waals surface area contributed by atoms with E-state index < -0.39 is 17.8 Å². The predicted octanol–water partition coefficient (Wildman–Crippen LogP) is 1.16. The Morgan fingerprint density at radius 1 is 1.56 bits per heavy atom. The zero-order valence-electron chi connectivity index (χ0n) is 9.67. The summed E-state index contributed by atoms with van der Waals surface area (Å²) in [5.74, 6) is -1.16. The van der Waals surface area contributed by atoms with E-state index in [9.17, 15) is 14.3 Å². The summed E-state index contributed by atoms with van der Waals surface area (Å²) in [6.07, 6.45) is 1.88. The molecule has 1 atom stereocenters. The molecule has 94 valence electrons. The van der Waals surface area contributed by atoms with E-state index >= 15 is 0 Å². The van der Waals surface area contributed by atoms with E-state index in [0.717, 1.165) is 0 Å². The molecule has 18 heavy (non-hydrogen) atoms. The minimum atomic E-state index is -0.743. The van der Waals surface area contributed by atoms with Crippen LogP contribution in [0.2, 0.25) is 0 Å². The lowest BCUT2D eigenvalue weighted by Crippen LogP contribution is -2.09. The molecule has 0 aliphatic carbocycles. The summed E-state index contributed by atoms with van der Waals surface area (Å²) in [6, 6.07) is 4.30. The van der Waals surface area contributed by atoms with Crippen LogP contribution in [0.1, 0.15) is 28.9 Å². The second-order valence-corrected chi connectivity index (χ2v) is 3.92. The molecule has 0 aliphatic rings. The van der Waals surface area contributed by atoms with Crippen LogP contribution < -0.4 is 5.73 Å². The number of amides is 1. The highest BCUT2D eigenvalue weighted by atomic mass is 19.1. The van der Waals surface area contributed by atoms with Gasteiger partial charge in [0, 0.05) is 6.20 Å². The van der Waals surface area contributed by atoms with Crippen LogP contribution in [0.25, 0.3) is 5.69 Å². The molecule has 0 radical (unpaired) electrons. The second kappa shape index (κ2) is 4.58. The van der Waals surface area contributed by atoms with Gasteiger partial charge in [0.05, 0.1) is 17.9 Å². The van der Waals surface area contributed by atoms with Crippen LogP contribution in [0.4, 0.5) is 4.39 Å². The van der Waals surface area contributed by atoms with Gasteiger partial charge in [-0.25, -0.2) is 9.07 Å². The van der Waals surface area contributed by atoms with Gasteiger partial charge in [-0.1, -0.05) is 6.07 Å². The van der Waals surface area contributed by atoms with Gasteiger partial charge in [0.15, 0.2) is 0 Å². The second-order valence-electron chi connectivity index (χ2n) is 3.92. The lowest BCUT2D eigenvalue weighted by molar-refractivity contribution is 0.100. The molecule has 0 unspecified atom stereocenters. The number of aromatic nitrogens is 2. The average Bonchev–Trinajstić information content (AvgIpc) is 2.78. The molecule has 1 aromatic carbocycles. The van der Waals surface area contributed by atoms with Crippen LogP contribution >= 0.6 is 0 Å². The summed E-state index contributed by atoms with van der Waals surface area (Å²) in [5.41, 5.74) is 5.95. The highest BCUT2D eigenvalue weighted by Crippen LogP contribution is 2.19. The quantitative estimate of drug-likeness (QED) is 0.856. The van der Waals surface area contributed by atoms with Gasteiger partial charge in [0.2, 0.25) is 0 Å². The maximum atomic E-state index is 13.8. The van der Waals surface area contributed by atoms with E-state index in [1.54, 1.807) is 13.0 Å². The number of carbonyl (C=O) groups excluding carboxylic acids is 1. The minimum absolute atomic E-state index is 0.187. The maximum absolute atomic E-state index is 13.8. The van der Waals surface area contributed by atoms with Gasteiger partial charge in [0.1, 0.15) is 11.5 Å². The summed E-state index contributed by atoms with van der Waals surface area (Å²) in [4.78, 5) is 10.9. The van der Waals surface area contributed by atoms with Crippen molar-refractivity contribution >= 4 is 5.91 Å². The van der Waals surface area contributed by atoms with E-state index in [0.29, 0.717) is 5.56 Å². The molecule has 0 saturated heterocycles. The third-order valence-electron chi connectivity index (χ3n) is 2.57. The molecule has 1 heterocycles. The molecule has 0 aliphatic heterocycles. The van der Waals surface area contributed by atoms with Crippen LogP contribution in [0, 0.1) is 5.82 Å². The molecule has 5 nitrogen and oxygen atoms in total. The molecule has 1 amide bonds. The molecular formula is C12H12FN3O2. The predicted molar refractivity (Wildman–Crippen MR) is 62.7 cm³/mol. The summed E-state index contributed by atoms with van der Waals surface area (Å²) < 4.78 is 15.0. The fourth-order valence-electron chi connectivity index (χ4n) is 1.55. The summed E-state index contributed by atoms with van der Waals surface area (Å²) in [7, 11) is 0. The van der Waals surface area contributed by atoms with Gasteiger partial charge in [0.25, 0.3) is 5.91 Å². The zero-order chi connectivity index (χ0) is 13.3. The number of rotatable bonds is 3. The molecule has 3 N–H and O–H groups in total. The van der Waals surface area contributed by atoms with Crippen molar-refractivity contribution in [2.75, 3.05) is 0 Å². The van der Waals surface area contributed by atoms with Crippen molar-refractivity contribution in [2.24, 2.45) is 5.73 Å². The molecule has 6 heteroatoms. The molecule has 1 aromatic heterocycles. The highest BCUT2D eigenvalue weighted by Gasteiger charge is 2.11. The summed E-state index contributed by atoms with van der Waals surface area (Å²) >= 11 is 0. The van der Waals surface area contributed by atoms with Crippen molar-refractivity contribution in [3.05, 3.63) is 47.5 Å². The van der Waals surface area contributed by atoms with E-state index in [-0.39, 0.29) is 11.3 Å². The average molecular weight is 249 g/mol. The lowest BCUT2D eigenvalue weighted by atomic mass is 10.1. The molecule has 0 fully saturated rings. The number of aliphatic hydroxyl groups excluding tert-OH is 1. The summed E-state index contributed by atoms with van der Waals surface area (Å²) in [6.45, 7) is 1.55. The third-order valence-corrected chi connectivity index (χ3v) is 2.57. The monoisotopic (exact) mass is 249 g/mol. The van der Waals surface area contributed by atoms with Crippen LogP contribution in [0.3, 0.4) is 0 Å². The number of nitrogens with two attached hydrogens (primary N) is 1. The largest absolute Gasteiger partial charge is 0.389 e. The fraction of sp³-hybridized carbons (Fsp3) is 0.167. The number of aliphatic hydroxyl groups is 1.